The molecule has 25 heavy (non-hydrogen) atoms. The predicted octanol–water partition coefficient (Wildman–Crippen LogP) is 7.69. The monoisotopic (exact) mass is 356 g/mol. The van der Waals surface area contributed by atoms with E-state index in [2.05, 4.69) is 20.8 Å². The lowest BCUT2D eigenvalue weighted by molar-refractivity contribution is 0.0327. The normalized spacial score (nSPS) is 12.6. The van der Waals surface area contributed by atoms with Crippen molar-refractivity contribution in [2.24, 2.45) is 0 Å². The van der Waals surface area contributed by atoms with Crippen molar-refractivity contribution in [3.05, 3.63) is 0 Å². The number of ether oxygens (including phenoxy) is 2. The Hall–Kier alpha value is -0.0800. The molecule has 2 heteroatoms. The minimum atomic E-state index is 0.442. The van der Waals surface area contributed by atoms with Crippen molar-refractivity contribution in [1.82, 2.24) is 0 Å². The van der Waals surface area contributed by atoms with Gasteiger partial charge in [0.15, 0.2) is 0 Å². The lowest BCUT2D eigenvalue weighted by Gasteiger charge is -2.16. The van der Waals surface area contributed by atoms with Gasteiger partial charge in [0.25, 0.3) is 0 Å². The fourth-order valence-corrected chi connectivity index (χ4v) is 3.21. The average Bonchev–Trinajstić information content (AvgIpc) is 2.63. The molecular formula is C23H48O2. The third-order valence-electron chi connectivity index (χ3n) is 5.01. The highest BCUT2D eigenvalue weighted by Crippen LogP contribution is 2.11. The molecule has 0 fully saturated rings. The van der Waals surface area contributed by atoms with E-state index in [1.807, 2.05) is 0 Å². The fourth-order valence-electron chi connectivity index (χ4n) is 3.21. The van der Waals surface area contributed by atoms with Crippen molar-refractivity contribution in [2.45, 2.75) is 130 Å². The van der Waals surface area contributed by atoms with Gasteiger partial charge in [0.1, 0.15) is 0 Å². The maximum atomic E-state index is 6.03. The zero-order chi connectivity index (χ0) is 18.4. The fraction of sp³-hybridized carbons (Fsp3) is 1.00. The first kappa shape index (κ1) is 24.9. The van der Waals surface area contributed by atoms with Crippen molar-refractivity contribution < 1.29 is 9.47 Å². The van der Waals surface area contributed by atoms with E-state index in [-0.39, 0.29) is 0 Å². The molecule has 0 saturated carbocycles. The summed E-state index contributed by atoms with van der Waals surface area (Å²) < 4.78 is 11.8. The molecule has 1 atom stereocenters. The van der Waals surface area contributed by atoms with E-state index in [4.69, 9.17) is 9.47 Å². The molecule has 0 bridgehead atoms. The molecule has 0 rings (SSSR count). The molecule has 1 unspecified atom stereocenters. The van der Waals surface area contributed by atoms with Gasteiger partial charge in [-0.3, -0.25) is 0 Å². The van der Waals surface area contributed by atoms with E-state index in [0.29, 0.717) is 6.10 Å². The Morgan fingerprint density at radius 3 is 1.56 bits per heavy atom. The number of unbranched alkanes of at least 4 members (excludes halogenated alkanes) is 11. The molecule has 0 radical (unpaired) electrons. The zero-order valence-corrected chi connectivity index (χ0v) is 17.8. The van der Waals surface area contributed by atoms with E-state index in [1.54, 1.807) is 0 Å². The molecule has 0 aromatic carbocycles. The molecule has 0 heterocycles. The molecule has 0 aromatic rings. The summed E-state index contributed by atoms with van der Waals surface area (Å²) in [6.45, 7) is 9.59. The van der Waals surface area contributed by atoms with Gasteiger partial charge in [-0.25, -0.2) is 0 Å². The Morgan fingerprint density at radius 2 is 1.00 bits per heavy atom. The van der Waals surface area contributed by atoms with E-state index in [1.165, 1.54) is 83.5 Å². The van der Waals surface area contributed by atoms with Crippen LogP contribution in [0, 0.1) is 0 Å². The van der Waals surface area contributed by atoms with Crippen LogP contribution in [0.25, 0.3) is 0 Å². The van der Waals surface area contributed by atoms with Gasteiger partial charge in [-0.15, -0.1) is 0 Å². The Bertz CT molecular complexity index is 230. The van der Waals surface area contributed by atoms with E-state index in [0.717, 1.165) is 39.1 Å². The van der Waals surface area contributed by atoms with Crippen molar-refractivity contribution in [3.8, 4) is 0 Å². The van der Waals surface area contributed by atoms with E-state index < -0.39 is 0 Å². The van der Waals surface area contributed by atoms with Gasteiger partial charge in [-0.1, -0.05) is 91.4 Å². The summed E-state index contributed by atoms with van der Waals surface area (Å²) in [5.74, 6) is 0. The van der Waals surface area contributed by atoms with Gasteiger partial charge in [0.2, 0.25) is 0 Å². The van der Waals surface area contributed by atoms with Crippen LogP contribution in [0.4, 0.5) is 0 Å². The molecule has 152 valence electrons. The predicted molar refractivity (Wildman–Crippen MR) is 111 cm³/mol. The van der Waals surface area contributed by atoms with Crippen LogP contribution in [0.1, 0.15) is 124 Å². The minimum Gasteiger partial charge on any atom is -0.381 e. The largest absolute Gasteiger partial charge is 0.381 e. The maximum absolute atomic E-state index is 6.03. The number of hydrogen-bond acceptors (Lipinski definition) is 2. The molecular weight excluding hydrogens is 308 g/mol. The SMILES string of the molecule is CCCCCCCCCOCCCC(CC)OCCCCCCCC. The first-order valence-corrected chi connectivity index (χ1v) is 11.5. The van der Waals surface area contributed by atoms with Gasteiger partial charge < -0.3 is 9.47 Å². The Morgan fingerprint density at radius 1 is 0.520 bits per heavy atom. The summed E-state index contributed by atoms with van der Waals surface area (Å²) in [6.07, 6.45) is 21.4. The summed E-state index contributed by atoms with van der Waals surface area (Å²) in [4.78, 5) is 0. The molecule has 0 aromatic heterocycles. The van der Waals surface area contributed by atoms with Crippen molar-refractivity contribution in [2.75, 3.05) is 19.8 Å². The topological polar surface area (TPSA) is 18.5 Å². The summed E-state index contributed by atoms with van der Waals surface area (Å²) in [7, 11) is 0. The third-order valence-corrected chi connectivity index (χ3v) is 5.01. The van der Waals surface area contributed by atoms with Gasteiger partial charge in [0, 0.05) is 19.8 Å². The van der Waals surface area contributed by atoms with E-state index >= 15 is 0 Å². The average molecular weight is 357 g/mol. The summed E-state index contributed by atoms with van der Waals surface area (Å²) >= 11 is 0. The third kappa shape index (κ3) is 20.1. The molecule has 0 saturated heterocycles. The molecule has 0 aliphatic rings. The van der Waals surface area contributed by atoms with Crippen LogP contribution >= 0.6 is 0 Å². The molecule has 0 aliphatic carbocycles. The first-order chi connectivity index (χ1) is 12.3. The van der Waals surface area contributed by atoms with Crippen LogP contribution in [0.2, 0.25) is 0 Å². The quantitative estimate of drug-likeness (QED) is 0.196. The second kappa shape index (κ2) is 22.0. The van der Waals surface area contributed by atoms with Crippen LogP contribution in [-0.2, 0) is 9.47 Å². The summed E-state index contributed by atoms with van der Waals surface area (Å²) in [5, 5.41) is 0. The molecule has 0 amide bonds. The van der Waals surface area contributed by atoms with Gasteiger partial charge in [-0.2, -0.15) is 0 Å². The molecule has 2 nitrogen and oxygen atoms in total. The molecule has 0 N–H and O–H groups in total. The lowest BCUT2D eigenvalue weighted by atomic mass is 10.1. The van der Waals surface area contributed by atoms with Crippen molar-refractivity contribution in [1.29, 1.82) is 0 Å². The Labute approximate surface area is 159 Å². The van der Waals surface area contributed by atoms with Crippen LogP contribution in [-0.4, -0.2) is 25.9 Å². The van der Waals surface area contributed by atoms with Gasteiger partial charge >= 0.3 is 0 Å². The van der Waals surface area contributed by atoms with Gasteiger partial charge in [0.05, 0.1) is 6.10 Å². The van der Waals surface area contributed by atoms with Crippen LogP contribution in [0.5, 0.6) is 0 Å². The van der Waals surface area contributed by atoms with Gasteiger partial charge in [-0.05, 0) is 32.1 Å². The Balaban J connectivity index is 3.26. The van der Waals surface area contributed by atoms with Crippen molar-refractivity contribution in [3.63, 3.8) is 0 Å². The molecule has 0 spiro atoms. The number of hydrogen-bond donors (Lipinski definition) is 0. The number of rotatable bonds is 21. The maximum Gasteiger partial charge on any atom is 0.0573 e. The Kier molecular flexibility index (Phi) is 21.9. The highest BCUT2D eigenvalue weighted by atomic mass is 16.5. The minimum absolute atomic E-state index is 0.442. The van der Waals surface area contributed by atoms with Crippen LogP contribution in [0.3, 0.4) is 0 Å². The summed E-state index contributed by atoms with van der Waals surface area (Å²) in [6, 6.07) is 0. The van der Waals surface area contributed by atoms with E-state index in [9.17, 15) is 0 Å². The standard InChI is InChI=1S/C23H48O2/c1-4-7-9-11-13-14-16-20-24-21-18-19-23(6-3)25-22-17-15-12-10-8-5-2/h23H,4-22H2,1-3H3. The molecule has 0 aliphatic heterocycles. The lowest BCUT2D eigenvalue weighted by Crippen LogP contribution is -2.14. The second-order valence-corrected chi connectivity index (χ2v) is 7.54. The highest BCUT2D eigenvalue weighted by molar-refractivity contribution is 4.56. The van der Waals surface area contributed by atoms with Crippen molar-refractivity contribution >= 4 is 0 Å². The highest BCUT2D eigenvalue weighted by Gasteiger charge is 2.06. The van der Waals surface area contributed by atoms with Crippen LogP contribution < -0.4 is 0 Å². The zero-order valence-electron chi connectivity index (χ0n) is 17.8. The smallest absolute Gasteiger partial charge is 0.0573 e. The van der Waals surface area contributed by atoms with Crippen LogP contribution in [0.15, 0.2) is 0 Å². The second-order valence-electron chi connectivity index (χ2n) is 7.54. The summed E-state index contributed by atoms with van der Waals surface area (Å²) in [5.41, 5.74) is 0. The first-order valence-electron chi connectivity index (χ1n) is 11.5.